The lowest BCUT2D eigenvalue weighted by atomic mass is 10.1. The van der Waals surface area contributed by atoms with E-state index in [1.165, 1.54) is 43.7 Å². The Morgan fingerprint density at radius 1 is 1.23 bits per heavy atom. The number of benzene rings is 1. The largest absolute Gasteiger partial charge is 0.501 e. The van der Waals surface area contributed by atoms with E-state index in [2.05, 4.69) is 20.3 Å². The van der Waals surface area contributed by atoms with Gasteiger partial charge < -0.3 is 15.3 Å². The fourth-order valence-corrected chi connectivity index (χ4v) is 3.75. The highest BCUT2D eigenvalue weighted by Gasteiger charge is 2.49. The number of hydrogen-bond donors (Lipinski definition) is 2. The molecule has 1 aromatic carbocycles. The van der Waals surface area contributed by atoms with Crippen LogP contribution in [0.2, 0.25) is 0 Å². The SMILES string of the molecule is Cn1c([C@@H]2CC(F)(F)CN2C(=O)c2cnccn2)nc(C(=O)NCc2ccc(F)cc2)c(O)c1=O. The van der Waals surface area contributed by atoms with Crippen LogP contribution in [0.4, 0.5) is 13.2 Å². The number of alkyl halides is 2. The number of hydrogen-bond acceptors (Lipinski definition) is 7. The minimum Gasteiger partial charge on any atom is -0.501 e. The van der Waals surface area contributed by atoms with Gasteiger partial charge in [0.1, 0.15) is 17.3 Å². The number of nitrogens with one attached hydrogen (secondary N) is 1. The highest BCUT2D eigenvalue weighted by Crippen LogP contribution is 2.41. The van der Waals surface area contributed by atoms with Gasteiger partial charge in [-0.1, -0.05) is 12.1 Å². The smallest absolute Gasteiger partial charge is 0.296 e. The highest BCUT2D eigenvalue weighted by molar-refractivity contribution is 5.95. The summed E-state index contributed by atoms with van der Waals surface area (Å²) in [4.78, 5) is 50.7. The van der Waals surface area contributed by atoms with Gasteiger partial charge in [-0.3, -0.25) is 23.9 Å². The summed E-state index contributed by atoms with van der Waals surface area (Å²) in [5, 5.41) is 12.7. The molecule has 1 saturated heterocycles. The number of halogens is 3. The fraction of sp³-hybridized carbons (Fsp3) is 0.273. The van der Waals surface area contributed by atoms with E-state index in [9.17, 15) is 32.7 Å². The summed E-state index contributed by atoms with van der Waals surface area (Å²) in [7, 11) is 1.19. The van der Waals surface area contributed by atoms with Crippen molar-refractivity contribution in [2.75, 3.05) is 6.54 Å². The van der Waals surface area contributed by atoms with Crippen molar-refractivity contribution in [2.24, 2.45) is 7.05 Å². The first kappa shape index (κ1) is 23.9. The molecule has 182 valence electrons. The summed E-state index contributed by atoms with van der Waals surface area (Å²) < 4.78 is 42.7. The molecular formula is C22H19F3N6O4. The number of aromatic nitrogens is 4. The van der Waals surface area contributed by atoms with Crippen LogP contribution in [0.3, 0.4) is 0 Å². The summed E-state index contributed by atoms with van der Waals surface area (Å²) in [6.45, 7) is -1.04. The normalized spacial score (nSPS) is 16.8. The monoisotopic (exact) mass is 488 g/mol. The highest BCUT2D eigenvalue weighted by atomic mass is 19.3. The molecule has 3 aromatic rings. The lowest BCUT2D eigenvalue weighted by Gasteiger charge is -2.24. The van der Waals surface area contributed by atoms with Crippen molar-refractivity contribution in [3.63, 3.8) is 0 Å². The van der Waals surface area contributed by atoms with Crippen LogP contribution in [0.1, 0.15) is 44.8 Å². The summed E-state index contributed by atoms with van der Waals surface area (Å²) in [5.74, 6) is -6.88. The van der Waals surface area contributed by atoms with E-state index >= 15 is 0 Å². The zero-order chi connectivity index (χ0) is 25.3. The molecule has 1 atom stereocenters. The Labute approximate surface area is 196 Å². The lowest BCUT2D eigenvalue weighted by molar-refractivity contribution is 0.0116. The quantitative estimate of drug-likeness (QED) is 0.558. The van der Waals surface area contributed by atoms with Gasteiger partial charge in [-0.05, 0) is 17.7 Å². The van der Waals surface area contributed by atoms with Crippen molar-refractivity contribution in [1.82, 2.24) is 29.7 Å². The molecule has 0 spiro atoms. The minimum atomic E-state index is -3.30. The molecular weight excluding hydrogens is 469 g/mol. The molecule has 10 nitrogen and oxygen atoms in total. The predicted molar refractivity (Wildman–Crippen MR) is 114 cm³/mol. The van der Waals surface area contributed by atoms with Crippen molar-refractivity contribution in [1.29, 1.82) is 0 Å². The molecule has 2 aromatic heterocycles. The van der Waals surface area contributed by atoms with Crippen LogP contribution in [0, 0.1) is 5.82 Å². The third kappa shape index (κ3) is 4.83. The number of carbonyl (C=O) groups excluding carboxylic acids is 2. The summed E-state index contributed by atoms with van der Waals surface area (Å²) in [6, 6.07) is 3.85. The maximum atomic E-state index is 14.4. The maximum Gasteiger partial charge on any atom is 0.296 e. The number of likely N-dealkylation sites (tertiary alicyclic amines) is 1. The molecule has 1 fully saturated rings. The van der Waals surface area contributed by atoms with Crippen molar-refractivity contribution < 1.29 is 27.9 Å². The van der Waals surface area contributed by atoms with E-state index in [0.717, 1.165) is 15.7 Å². The Kier molecular flexibility index (Phi) is 6.24. The summed E-state index contributed by atoms with van der Waals surface area (Å²) in [6.07, 6.45) is 2.80. The fourth-order valence-electron chi connectivity index (χ4n) is 3.75. The van der Waals surface area contributed by atoms with Crippen LogP contribution in [0.15, 0.2) is 47.7 Å². The van der Waals surface area contributed by atoms with Crippen LogP contribution < -0.4 is 10.9 Å². The second kappa shape index (κ2) is 9.16. The first-order valence-electron chi connectivity index (χ1n) is 10.3. The molecule has 13 heteroatoms. The van der Waals surface area contributed by atoms with Gasteiger partial charge in [0.2, 0.25) is 5.75 Å². The molecule has 0 aliphatic carbocycles. The third-order valence-corrected chi connectivity index (χ3v) is 5.49. The van der Waals surface area contributed by atoms with Crippen molar-refractivity contribution in [2.45, 2.75) is 24.9 Å². The number of nitrogens with zero attached hydrogens (tertiary/aromatic N) is 5. The minimum absolute atomic E-state index is 0.0798. The Balaban J connectivity index is 1.68. The maximum absolute atomic E-state index is 14.4. The van der Waals surface area contributed by atoms with E-state index in [0.29, 0.717) is 5.56 Å². The molecule has 1 aliphatic heterocycles. The molecule has 0 bridgehead atoms. The summed E-state index contributed by atoms with van der Waals surface area (Å²) in [5.41, 5.74) is -1.40. The van der Waals surface area contributed by atoms with Crippen LogP contribution in [-0.4, -0.2) is 53.8 Å². The van der Waals surface area contributed by atoms with Gasteiger partial charge in [-0.2, -0.15) is 0 Å². The van der Waals surface area contributed by atoms with Gasteiger partial charge in [0.25, 0.3) is 23.3 Å². The van der Waals surface area contributed by atoms with Crippen LogP contribution in [0.5, 0.6) is 5.75 Å². The van der Waals surface area contributed by atoms with Gasteiger partial charge in [-0.15, -0.1) is 0 Å². The topological polar surface area (TPSA) is 130 Å². The van der Waals surface area contributed by atoms with Gasteiger partial charge in [0.05, 0.1) is 18.8 Å². The average molecular weight is 488 g/mol. The van der Waals surface area contributed by atoms with Crippen molar-refractivity contribution in [3.8, 4) is 5.75 Å². The Bertz CT molecular complexity index is 1330. The zero-order valence-electron chi connectivity index (χ0n) is 18.3. The molecule has 0 unspecified atom stereocenters. The molecule has 35 heavy (non-hydrogen) atoms. The zero-order valence-corrected chi connectivity index (χ0v) is 18.3. The van der Waals surface area contributed by atoms with Crippen LogP contribution in [-0.2, 0) is 13.6 Å². The molecule has 2 N–H and O–H groups in total. The van der Waals surface area contributed by atoms with Gasteiger partial charge in [0.15, 0.2) is 5.69 Å². The van der Waals surface area contributed by atoms with Crippen molar-refractivity contribution in [3.05, 3.63) is 81.8 Å². The average Bonchev–Trinajstić information content (AvgIpc) is 3.17. The van der Waals surface area contributed by atoms with Gasteiger partial charge in [0, 0.05) is 32.4 Å². The first-order valence-corrected chi connectivity index (χ1v) is 10.3. The van der Waals surface area contributed by atoms with Crippen LogP contribution in [0.25, 0.3) is 0 Å². The molecule has 0 radical (unpaired) electrons. The van der Waals surface area contributed by atoms with Crippen molar-refractivity contribution >= 4 is 11.8 Å². The second-order valence-corrected chi connectivity index (χ2v) is 7.94. The number of amides is 2. The molecule has 4 rings (SSSR count). The number of carbonyl (C=O) groups is 2. The molecule has 3 heterocycles. The first-order chi connectivity index (χ1) is 16.6. The van der Waals surface area contributed by atoms with Crippen LogP contribution >= 0.6 is 0 Å². The second-order valence-electron chi connectivity index (χ2n) is 7.94. The number of rotatable bonds is 5. The Morgan fingerprint density at radius 3 is 2.60 bits per heavy atom. The van der Waals surface area contributed by atoms with E-state index in [-0.39, 0.29) is 18.1 Å². The van der Waals surface area contributed by atoms with E-state index < -0.39 is 59.6 Å². The van der Waals surface area contributed by atoms with Gasteiger partial charge >= 0.3 is 0 Å². The Hall–Kier alpha value is -4.29. The standard InChI is InChI=1S/C22H19F3N6O4/c1-30-18(15-8-22(24,25)11-31(15)20(34)14-10-26-6-7-27-14)29-16(17(32)21(30)35)19(33)28-9-12-2-4-13(23)5-3-12/h2-7,10,15,32H,8-9,11H2,1H3,(H,28,33)/t15-/m0/s1. The Morgan fingerprint density at radius 2 is 1.94 bits per heavy atom. The van der Waals surface area contributed by atoms with E-state index in [1.807, 2.05) is 0 Å². The number of aromatic hydroxyl groups is 1. The lowest BCUT2D eigenvalue weighted by Crippen LogP contribution is -2.37. The van der Waals surface area contributed by atoms with E-state index in [1.54, 1.807) is 0 Å². The molecule has 0 saturated carbocycles. The molecule has 2 amide bonds. The molecule has 1 aliphatic rings. The van der Waals surface area contributed by atoms with Gasteiger partial charge in [-0.25, -0.2) is 23.1 Å². The third-order valence-electron chi connectivity index (χ3n) is 5.49. The summed E-state index contributed by atoms with van der Waals surface area (Å²) >= 11 is 0. The van der Waals surface area contributed by atoms with E-state index in [4.69, 9.17) is 0 Å². The predicted octanol–water partition coefficient (Wildman–Crippen LogP) is 1.57.